The van der Waals surface area contributed by atoms with Crippen molar-refractivity contribution < 1.29 is 22.7 Å². The number of amides is 1. The van der Waals surface area contributed by atoms with E-state index >= 15 is 0 Å². The van der Waals surface area contributed by atoms with Crippen LogP contribution in [0.4, 0.5) is 5.69 Å². The molecule has 0 bridgehead atoms. The number of carbonyl (C=O) groups is 1. The molecule has 33 heavy (non-hydrogen) atoms. The smallest absolute Gasteiger partial charge is 0.261 e. The zero-order valence-electron chi connectivity index (χ0n) is 18.8. The highest BCUT2D eigenvalue weighted by Crippen LogP contribution is 2.31. The molecule has 7 nitrogen and oxygen atoms in total. The SMILES string of the molecule is Cc1ccccc1NS(=O)(=O)c1ccc(C)c(C(=O)N(C)Cc2ccc3c(c2)OCCO3)c1. The number of sulfonamides is 1. The summed E-state index contributed by atoms with van der Waals surface area (Å²) >= 11 is 0. The molecule has 3 aromatic rings. The Hall–Kier alpha value is -3.52. The molecule has 0 aliphatic carbocycles. The van der Waals surface area contributed by atoms with Crippen LogP contribution < -0.4 is 14.2 Å². The average Bonchev–Trinajstić information content (AvgIpc) is 2.80. The Morgan fingerprint density at radius 3 is 2.42 bits per heavy atom. The second-order valence-electron chi connectivity index (χ2n) is 8.04. The Morgan fingerprint density at radius 1 is 0.939 bits per heavy atom. The van der Waals surface area contributed by atoms with Crippen molar-refractivity contribution in [3.05, 3.63) is 82.9 Å². The van der Waals surface area contributed by atoms with Crippen LogP contribution in [0.15, 0.2) is 65.6 Å². The largest absolute Gasteiger partial charge is 0.486 e. The van der Waals surface area contributed by atoms with E-state index in [0.29, 0.717) is 48.1 Å². The summed E-state index contributed by atoms with van der Waals surface area (Å²) in [5.74, 6) is 1.08. The zero-order valence-corrected chi connectivity index (χ0v) is 19.6. The minimum absolute atomic E-state index is 0.0347. The molecule has 0 atom stereocenters. The number of hydrogen-bond donors (Lipinski definition) is 1. The van der Waals surface area contributed by atoms with Gasteiger partial charge >= 0.3 is 0 Å². The van der Waals surface area contributed by atoms with Gasteiger partial charge in [-0.15, -0.1) is 0 Å². The number of fused-ring (bicyclic) bond motifs is 1. The van der Waals surface area contributed by atoms with Gasteiger partial charge in [0.15, 0.2) is 11.5 Å². The van der Waals surface area contributed by atoms with Gasteiger partial charge in [-0.3, -0.25) is 9.52 Å². The summed E-state index contributed by atoms with van der Waals surface area (Å²) in [7, 11) is -2.17. The van der Waals surface area contributed by atoms with Gasteiger partial charge in [-0.05, 0) is 60.9 Å². The van der Waals surface area contributed by atoms with Crippen LogP contribution in [0.25, 0.3) is 0 Å². The van der Waals surface area contributed by atoms with Gasteiger partial charge in [0.2, 0.25) is 0 Å². The fraction of sp³-hybridized carbons (Fsp3) is 0.240. The summed E-state index contributed by atoms with van der Waals surface area (Å²) in [6.45, 7) is 4.96. The molecule has 1 aliphatic rings. The van der Waals surface area contributed by atoms with Gasteiger partial charge in [0.25, 0.3) is 15.9 Å². The first-order valence-electron chi connectivity index (χ1n) is 10.6. The Balaban J connectivity index is 1.55. The van der Waals surface area contributed by atoms with Gasteiger partial charge in [0.1, 0.15) is 13.2 Å². The highest BCUT2D eigenvalue weighted by atomic mass is 32.2. The third-order valence-electron chi connectivity index (χ3n) is 5.51. The highest BCUT2D eigenvalue weighted by molar-refractivity contribution is 7.92. The van der Waals surface area contributed by atoms with Crippen LogP contribution in [-0.4, -0.2) is 39.5 Å². The van der Waals surface area contributed by atoms with E-state index < -0.39 is 10.0 Å². The van der Waals surface area contributed by atoms with Crippen molar-refractivity contribution in [3.8, 4) is 11.5 Å². The molecule has 0 spiro atoms. The van der Waals surface area contributed by atoms with E-state index in [1.807, 2.05) is 37.3 Å². The third kappa shape index (κ3) is 4.96. The molecule has 1 N–H and O–H groups in total. The number of aryl methyl sites for hydroxylation is 2. The van der Waals surface area contributed by atoms with E-state index in [2.05, 4.69) is 4.72 Å². The fourth-order valence-electron chi connectivity index (χ4n) is 3.63. The lowest BCUT2D eigenvalue weighted by Crippen LogP contribution is -2.27. The number of nitrogens with one attached hydrogen (secondary N) is 1. The number of benzene rings is 3. The van der Waals surface area contributed by atoms with E-state index in [4.69, 9.17) is 9.47 Å². The summed E-state index contributed by atoms with van der Waals surface area (Å²) in [6, 6.07) is 17.3. The van der Waals surface area contributed by atoms with E-state index in [0.717, 1.165) is 11.1 Å². The van der Waals surface area contributed by atoms with Crippen LogP contribution in [0.2, 0.25) is 0 Å². The van der Waals surface area contributed by atoms with Crippen LogP contribution in [0.5, 0.6) is 11.5 Å². The van der Waals surface area contributed by atoms with Gasteiger partial charge in [0, 0.05) is 19.2 Å². The van der Waals surface area contributed by atoms with Crippen LogP contribution in [0.3, 0.4) is 0 Å². The molecule has 1 heterocycles. The van der Waals surface area contributed by atoms with Gasteiger partial charge in [0.05, 0.1) is 10.6 Å². The second-order valence-corrected chi connectivity index (χ2v) is 9.72. The molecule has 0 saturated heterocycles. The van der Waals surface area contributed by atoms with Crippen LogP contribution in [0.1, 0.15) is 27.0 Å². The quantitative estimate of drug-likeness (QED) is 0.590. The third-order valence-corrected chi connectivity index (χ3v) is 6.88. The Bertz CT molecular complexity index is 1300. The van der Waals surface area contributed by atoms with E-state index in [1.165, 1.54) is 12.1 Å². The van der Waals surface area contributed by atoms with Gasteiger partial charge in [-0.25, -0.2) is 8.42 Å². The Kier molecular flexibility index (Phi) is 6.29. The molecule has 172 valence electrons. The molecule has 8 heteroatoms. The first-order valence-corrected chi connectivity index (χ1v) is 12.1. The van der Waals surface area contributed by atoms with Gasteiger partial charge in [-0.1, -0.05) is 30.3 Å². The summed E-state index contributed by atoms with van der Waals surface area (Å²) in [5, 5.41) is 0. The van der Waals surface area contributed by atoms with Crippen LogP contribution in [-0.2, 0) is 16.6 Å². The molecule has 1 amide bonds. The van der Waals surface area contributed by atoms with Gasteiger partial charge in [-0.2, -0.15) is 0 Å². The maximum absolute atomic E-state index is 13.2. The van der Waals surface area contributed by atoms with Crippen molar-refractivity contribution in [1.29, 1.82) is 0 Å². The molecule has 0 saturated carbocycles. The summed E-state index contributed by atoms with van der Waals surface area (Å²) in [5.41, 5.74) is 3.23. The van der Waals surface area contributed by atoms with Crippen molar-refractivity contribution in [2.45, 2.75) is 25.3 Å². The summed E-state index contributed by atoms with van der Waals surface area (Å²) in [6.07, 6.45) is 0. The fourth-order valence-corrected chi connectivity index (χ4v) is 4.78. The molecule has 1 aliphatic heterocycles. The lowest BCUT2D eigenvalue weighted by atomic mass is 10.1. The number of ether oxygens (including phenoxy) is 2. The van der Waals surface area contributed by atoms with Crippen molar-refractivity contribution >= 4 is 21.6 Å². The molecular weight excluding hydrogens is 440 g/mol. The number of hydrogen-bond acceptors (Lipinski definition) is 5. The minimum atomic E-state index is -3.85. The number of anilines is 1. The standard InChI is InChI=1S/C25H26N2O5S/c1-17-8-10-20(33(29,30)26-22-7-5-4-6-18(22)2)15-21(17)25(28)27(3)16-19-9-11-23-24(14-19)32-13-12-31-23/h4-11,14-15,26H,12-13,16H2,1-3H3. The Labute approximate surface area is 194 Å². The molecule has 0 radical (unpaired) electrons. The summed E-state index contributed by atoms with van der Waals surface area (Å²) in [4.78, 5) is 14.8. The number of carbonyl (C=O) groups excluding carboxylic acids is 1. The second kappa shape index (κ2) is 9.15. The predicted molar refractivity (Wildman–Crippen MR) is 126 cm³/mol. The van der Waals surface area contributed by atoms with Crippen molar-refractivity contribution in [1.82, 2.24) is 4.90 Å². The number of para-hydroxylation sites is 1. The monoisotopic (exact) mass is 466 g/mol. The number of rotatable bonds is 6. The molecule has 3 aromatic carbocycles. The van der Waals surface area contributed by atoms with Crippen molar-refractivity contribution in [2.75, 3.05) is 25.0 Å². The lowest BCUT2D eigenvalue weighted by molar-refractivity contribution is 0.0783. The van der Waals surface area contributed by atoms with E-state index in [-0.39, 0.29) is 10.8 Å². The van der Waals surface area contributed by atoms with Crippen molar-refractivity contribution in [2.24, 2.45) is 0 Å². The molecular formula is C25H26N2O5S. The first kappa shape index (κ1) is 22.7. The molecule has 0 unspecified atom stereocenters. The first-order chi connectivity index (χ1) is 15.7. The predicted octanol–water partition coefficient (Wildman–Crippen LogP) is 4.15. The molecule has 4 rings (SSSR count). The molecule has 0 aromatic heterocycles. The van der Waals surface area contributed by atoms with Crippen molar-refractivity contribution in [3.63, 3.8) is 0 Å². The van der Waals surface area contributed by atoms with E-state index in [1.54, 1.807) is 37.1 Å². The Morgan fingerprint density at radius 2 is 1.67 bits per heavy atom. The van der Waals surface area contributed by atoms with E-state index in [9.17, 15) is 13.2 Å². The number of nitrogens with zero attached hydrogens (tertiary/aromatic N) is 1. The van der Waals surface area contributed by atoms with Crippen LogP contribution in [0, 0.1) is 13.8 Å². The van der Waals surface area contributed by atoms with Gasteiger partial charge < -0.3 is 14.4 Å². The maximum atomic E-state index is 13.2. The maximum Gasteiger partial charge on any atom is 0.261 e. The highest BCUT2D eigenvalue weighted by Gasteiger charge is 2.21. The summed E-state index contributed by atoms with van der Waals surface area (Å²) < 4.78 is 39.7. The van der Waals surface area contributed by atoms with Crippen LogP contribution >= 0.6 is 0 Å². The zero-order chi connectivity index (χ0) is 23.6. The molecule has 0 fully saturated rings. The minimum Gasteiger partial charge on any atom is -0.486 e. The average molecular weight is 467 g/mol. The lowest BCUT2D eigenvalue weighted by Gasteiger charge is -2.22. The normalized spacial score (nSPS) is 12.8. The topological polar surface area (TPSA) is 84.9 Å².